The van der Waals surface area contributed by atoms with Gasteiger partial charge in [0.2, 0.25) is 0 Å². The largest absolute Gasteiger partial charge is 0.356 e. The lowest BCUT2D eigenvalue weighted by atomic mass is 10.0. The third-order valence-electron chi connectivity index (χ3n) is 5.35. The van der Waals surface area contributed by atoms with Gasteiger partial charge < -0.3 is 5.32 Å². The molecule has 0 saturated heterocycles. The number of aromatic nitrogens is 1. The Morgan fingerprint density at radius 3 is 1.97 bits per heavy atom. The Hall–Kier alpha value is -3.01. The minimum Gasteiger partial charge on any atom is -0.356 e. The minimum absolute atomic E-state index is 0.608. The van der Waals surface area contributed by atoms with Crippen molar-refractivity contribution in [3.8, 4) is 0 Å². The van der Waals surface area contributed by atoms with Gasteiger partial charge in [-0.3, -0.25) is 0 Å². The molecular weight excluding hydrogens is 380 g/mol. The predicted octanol–water partition coefficient (Wildman–Crippen LogP) is 8.92. The highest BCUT2D eigenvalue weighted by molar-refractivity contribution is 5.61. The first kappa shape index (κ1) is 22.7. The van der Waals surface area contributed by atoms with Gasteiger partial charge in [-0.2, -0.15) is 0 Å². The second kappa shape index (κ2) is 13.3. The Balaban J connectivity index is 1.39. The maximum absolute atomic E-state index is 4.23. The van der Waals surface area contributed by atoms with Gasteiger partial charge in [0, 0.05) is 17.6 Å². The lowest BCUT2D eigenvalue weighted by Crippen LogP contribution is -1.91. The standard InChI is InChI=1S/C27H34N4/c1-2-3-4-5-6-7-8-9-12-23-14-16-24(17-15-23)29-25-18-20-26(21-19-25)30-31-27-13-10-11-22-28-27/h10-11,13-22,29H,2-9,12H2,1H3. The molecule has 0 saturated carbocycles. The number of nitrogens with zero attached hydrogens (tertiary/aromatic N) is 3. The molecule has 4 heteroatoms. The zero-order valence-corrected chi connectivity index (χ0v) is 18.6. The summed E-state index contributed by atoms with van der Waals surface area (Å²) >= 11 is 0. The second-order valence-corrected chi connectivity index (χ2v) is 7.98. The number of azo groups is 1. The first-order valence-corrected chi connectivity index (χ1v) is 11.6. The van der Waals surface area contributed by atoms with Gasteiger partial charge in [0.25, 0.3) is 0 Å². The highest BCUT2D eigenvalue weighted by Crippen LogP contribution is 2.22. The van der Waals surface area contributed by atoms with Gasteiger partial charge in [-0.05, 0) is 66.9 Å². The number of aryl methyl sites for hydroxylation is 1. The molecule has 3 aromatic rings. The van der Waals surface area contributed by atoms with E-state index in [4.69, 9.17) is 0 Å². The molecule has 3 rings (SSSR count). The summed E-state index contributed by atoms with van der Waals surface area (Å²) in [4.78, 5) is 4.14. The second-order valence-electron chi connectivity index (χ2n) is 7.98. The zero-order valence-electron chi connectivity index (χ0n) is 18.6. The highest BCUT2D eigenvalue weighted by Gasteiger charge is 1.99. The van der Waals surface area contributed by atoms with E-state index in [1.807, 2.05) is 42.5 Å². The van der Waals surface area contributed by atoms with Crippen LogP contribution >= 0.6 is 0 Å². The van der Waals surface area contributed by atoms with Crippen molar-refractivity contribution in [2.75, 3.05) is 5.32 Å². The number of unbranched alkanes of at least 4 members (excludes halogenated alkanes) is 7. The topological polar surface area (TPSA) is 49.6 Å². The van der Waals surface area contributed by atoms with Crippen LogP contribution in [0.25, 0.3) is 0 Å². The number of hydrogen-bond donors (Lipinski definition) is 1. The van der Waals surface area contributed by atoms with Gasteiger partial charge in [-0.15, -0.1) is 10.2 Å². The minimum atomic E-state index is 0.608. The number of benzene rings is 2. The highest BCUT2D eigenvalue weighted by atomic mass is 15.1. The van der Waals surface area contributed by atoms with Gasteiger partial charge in [0.05, 0.1) is 5.69 Å². The van der Waals surface area contributed by atoms with Crippen LogP contribution in [0.1, 0.15) is 63.9 Å². The molecule has 0 bridgehead atoms. The van der Waals surface area contributed by atoms with Crippen LogP contribution in [0.15, 0.2) is 83.2 Å². The number of rotatable bonds is 13. The van der Waals surface area contributed by atoms with E-state index in [9.17, 15) is 0 Å². The molecular formula is C27H34N4. The van der Waals surface area contributed by atoms with Crippen LogP contribution in [0.4, 0.5) is 22.9 Å². The Morgan fingerprint density at radius 2 is 1.32 bits per heavy atom. The predicted molar refractivity (Wildman–Crippen MR) is 131 cm³/mol. The van der Waals surface area contributed by atoms with Gasteiger partial charge in [-0.1, -0.05) is 70.1 Å². The first-order chi connectivity index (χ1) is 15.3. The van der Waals surface area contributed by atoms with Crippen LogP contribution < -0.4 is 5.32 Å². The summed E-state index contributed by atoms with van der Waals surface area (Å²) in [5, 5.41) is 11.8. The Morgan fingerprint density at radius 1 is 0.677 bits per heavy atom. The van der Waals surface area contributed by atoms with Crippen molar-refractivity contribution in [1.29, 1.82) is 0 Å². The molecule has 0 spiro atoms. The smallest absolute Gasteiger partial charge is 0.174 e. The Kier molecular flexibility index (Phi) is 9.74. The Bertz CT molecular complexity index is 887. The van der Waals surface area contributed by atoms with E-state index in [0.29, 0.717) is 5.82 Å². The summed E-state index contributed by atoms with van der Waals surface area (Å²) in [7, 11) is 0. The number of anilines is 2. The first-order valence-electron chi connectivity index (χ1n) is 11.6. The van der Waals surface area contributed by atoms with Gasteiger partial charge >= 0.3 is 0 Å². The molecule has 1 heterocycles. The molecule has 1 aromatic heterocycles. The molecule has 0 aliphatic rings. The fourth-order valence-corrected chi connectivity index (χ4v) is 3.52. The molecule has 0 atom stereocenters. The van der Waals surface area contributed by atoms with Crippen LogP contribution in [0.2, 0.25) is 0 Å². The van der Waals surface area contributed by atoms with Gasteiger partial charge in [0.1, 0.15) is 0 Å². The molecule has 162 valence electrons. The molecule has 0 aliphatic heterocycles. The maximum atomic E-state index is 4.23. The molecule has 0 aliphatic carbocycles. The third kappa shape index (κ3) is 8.71. The van der Waals surface area contributed by atoms with Crippen LogP contribution in [-0.4, -0.2) is 4.98 Å². The van der Waals surface area contributed by atoms with Gasteiger partial charge in [0.15, 0.2) is 5.82 Å². The number of pyridine rings is 1. The van der Waals surface area contributed by atoms with E-state index in [1.165, 1.54) is 63.4 Å². The summed E-state index contributed by atoms with van der Waals surface area (Å²) < 4.78 is 0. The van der Waals surface area contributed by atoms with E-state index in [1.54, 1.807) is 6.20 Å². The summed E-state index contributed by atoms with van der Waals surface area (Å²) in [5.41, 5.74) is 4.36. The van der Waals surface area contributed by atoms with Crippen LogP contribution in [-0.2, 0) is 6.42 Å². The lowest BCUT2D eigenvalue weighted by Gasteiger charge is -2.08. The molecule has 1 N–H and O–H groups in total. The summed E-state index contributed by atoms with van der Waals surface area (Å²) in [6, 6.07) is 22.3. The maximum Gasteiger partial charge on any atom is 0.174 e. The average molecular weight is 415 g/mol. The molecule has 2 aromatic carbocycles. The van der Waals surface area contributed by atoms with Crippen molar-refractivity contribution in [3.05, 3.63) is 78.5 Å². The fourth-order valence-electron chi connectivity index (χ4n) is 3.52. The van der Waals surface area contributed by atoms with Crippen molar-refractivity contribution >= 4 is 22.9 Å². The summed E-state index contributed by atoms with van der Waals surface area (Å²) in [6.45, 7) is 2.27. The number of hydrogen-bond acceptors (Lipinski definition) is 4. The van der Waals surface area contributed by atoms with E-state index < -0.39 is 0 Å². The molecule has 31 heavy (non-hydrogen) atoms. The van der Waals surface area contributed by atoms with E-state index in [2.05, 4.69) is 51.7 Å². The van der Waals surface area contributed by atoms with Crippen LogP contribution in [0, 0.1) is 0 Å². The Labute approximate surface area is 186 Å². The molecule has 0 radical (unpaired) electrons. The monoisotopic (exact) mass is 414 g/mol. The van der Waals surface area contributed by atoms with E-state index in [0.717, 1.165) is 17.1 Å². The van der Waals surface area contributed by atoms with Crippen molar-refractivity contribution in [3.63, 3.8) is 0 Å². The molecule has 0 amide bonds. The average Bonchev–Trinajstić information content (AvgIpc) is 2.82. The van der Waals surface area contributed by atoms with Crippen LogP contribution in [0.3, 0.4) is 0 Å². The molecule has 4 nitrogen and oxygen atoms in total. The third-order valence-corrected chi connectivity index (χ3v) is 5.35. The lowest BCUT2D eigenvalue weighted by molar-refractivity contribution is 0.575. The van der Waals surface area contributed by atoms with E-state index >= 15 is 0 Å². The zero-order chi connectivity index (χ0) is 21.6. The summed E-state index contributed by atoms with van der Waals surface area (Å²) in [5.74, 6) is 0.608. The quantitative estimate of drug-likeness (QED) is 0.224. The van der Waals surface area contributed by atoms with Crippen molar-refractivity contribution in [2.24, 2.45) is 10.2 Å². The molecule has 0 unspecified atom stereocenters. The summed E-state index contributed by atoms with van der Waals surface area (Å²) in [6.07, 6.45) is 13.8. The van der Waals surface area contributed by atoms with Crippen LogP contribution in [0.5, 0.6) is 0 Å². The fraction of sp³-hybridized carbons (Fsp3) is 0.370. The number of nitrogens with one attached hydrogen (secondary N) is 1. The van der Waals surface area contributed by atoms with E-state index in [-0.39, 0.29) is 0 Å². The SMILES string of the molecule is CCCCCCCCCCc1ccc(Nc2ccc(N=Nc3ccccn3)cc2)cc1. The molecule has 0 fully saturated rings. The normalized spacial score (nSPS) is 11.1. The van der Waals surface area contributed by atoms with Crippen molar-refractivity contribution in [2.45, 2.75) is 64.7 Å². The van der Waals surface area contributed by atoms with Crippen molar-refractivity contribution in [1.82, 2.24) is 4.98 Å². The van der Waals surface area contributed by atoms with Crippen molar-refractivity contribution < 1.29 is 0 Å². The van der Waals surface area contributed by atoms with Gasteiger partial charge in [-0.25, -0.2) is 4.98 Å².